The van der Waals surface area contributed by atoms with Crippen molar-refractivity contribution in [1.82, 2.24) is 10.3 Å². The van der Waals surface area contributed by atoms with E-state index in [4.69, 9.17) is 10.00 Å². The average molecular weight is 267 g/mol. The zero-order chi connectivity index (χ0) is 14.2. The molecule has 102 valence electrons. The van der Waals surface area contributed by atoms with E-state index in [-0.39, 0.29) is 12.6 Å². The molecule has 1 aromatic carbocycles. The Bertz CT molecular complexity index is 561. The molecule has 2 rings (SSSR count). The van der Waals surface area contributed by atoms with Gasteiger partial charge in [-0.05, 0) is 36.2 Å². The number of rotatable bonds is 6. The number of nitriles is 1. The molecule has 0 spiro atoms. The normalized spacial score (nSPS) is 11.6. The molecule has 0 saturated heterocycles. The van der Waals surface area contributed by atoms with Crippen LogP contribution in [0.3, 0.4) is 0 Å². The van der Waals surface area contributed by atoms with Crippen LogP contribution in [0, 0.1) is 11.3 Å². The molecule has 4 heteroatoms. The molecule has 0 aliphatic carbocycles. The fraction of sp³-hybridized carbons (Fsp3) is 0.250. The molecule has 1 aromatic heterocycles. The maximum absolute atomic E-state index is 8.45. The first kappa shape index (κ1) is 14.0. The highest BCUT2D eigenvalue weighted by molar-refractivity contribution is 5.27. The highest BCUT2D eigenvalue weighted by Gasteiger charge is 2.04. The van der Waals surface area contributed by atoms with Crippen LogP contribution >= 0.6 is 0 Å². The lowest BCUT2D eigenvalue weighted by molar-refractivity contribution is 0.368. The Balaban J connectivity index is 1.86. The monoisotopic (exact) mass is 267 g/mol. The van der Waals surface area contributed by atoms with Crippen LogP contribution in [0.2, 0.25) is 0 Å². The van der Waals surface area contributed by atoms with Crippen molar-refractivity contribution in [3.8, 4) is 11.8 Å². The molecule has 0 amide bonds. The summed E-state index contributed by atoms with van der Waals surface area (Å²) in [7, 11) is 0. The predicted octanol–water partition coefficient (Wildman–Crippen LogP) is 2.83. The molecular weight excluding hydrogens is 250 g/mol. The summed E-state index contributed by atoms with van der Waals surface area (Å²) in [6.45, 7) is 2.96. The predicted molar refractivity (Wildman–Crippen MR) is 77.0 cm³/mol. The summed E-state index contributed by atoms with van der Waals surface area (Å²) in [5, 5.41) is 11.9. The van der Waals surface area contributed by atoms with E-state index in [1.165, 1.54) is 11.1 Å². The molecule has 1 atom stereocenters. The van der Waals surface area contributed by atoms with Crippen LogP contribution in [0.25, 0.3) is 0 Å². The number of pyridine rings is 1. The third kappa shape index (κ3) is 4.08. The lowest BCUT2D eigenvalue weighted by Crippen LogP contribution is -2.18. The van der Waals surface area contributed by atoms with E-state index in [0.29, 0.717) is 0 Å². The highest BCUT2D eigenvalue weighted by Crippen LogP contribution is 2.14. The lowest BCUT2D eigenvalue weighted by atomic mass is 10.1. The molecule has 4 nitrogen and oxygen atoms in total. The van der Waals surface area contributed by atoms with Crippen molar-refractivity contribution < 1.29 is 4.74 Å². The van der Waals surface area contributed by atoms with E-state index in [1.54, 1.807) is 6.20 Å². The smallest absolute Gasteiger partial charge is 0.174 e. The maximum Gasteiger partial charge on any atom is 0.174 e. The second-order valence-electron chi connectivity index (χ2n) is 4.48. The number of ether oxygens (including phenoxy) is 1. The van der Waals surface area contributed by atoms with Gasteiger partial charge in [-0.25, -0.2) is 0 Å². The SMILES string of the molecule is C[C@H](NCc1ccc(OCC#N)cc1)c1cccnc1. The summed E-state index contributed by atoms with van der Waals surface area (Å²) in [5.41, 5.74) is 2.34. The first-order valence-electron chi connectivity index (χ1n) is 6.51. The Kier molecular flexibility index (Phi) is 5.10. The first-order valence-corrected chi connectivity index (χ1v) is 6.51. The van der Waals surface area contributed by atoms with Gasteiger partial charge in [0.2, 0.25) is 0 Å². The third-order valence-electron chi connectivity index (χ3n) is 3.02. The van der Waals surface area contributed by atoms with Gasteiger partial charge in [-0.3, -0.25) is 4.98 Å². The van der Waals surface area contributed by atoms with E-state index >= 15 is 0 Å². The molecule has 1 N–H and O–H groups in total. The molecule has 2 aromatic rings. The van der Waals surface area contributed by atoms with Crippen LogP contribution in [0.4, 0.5) is 0 Å². The first-order chi connectivity index (χ1) is 9.79. The second-order valence-corrected chi connectivity index (χ2v) is 4.48. The third-order valence-corrected chi connectivity index (χ3v) is 3.02. The molecule has 20 heavy (non-hydrogen) atoms. The van der Waals surface area contributed by atoms with Crippen LogP contribution in [-0.2, 0) is 6.54 Å². The standard InChI is InChI=1S/C16H17N3O/c1-13(15-3-2-9-18-12-15)19-11-14-4-6-16(7-5-14)20-10-8-17/h2-7,9,12-13,19H,10-11H2,1H3/t13-/m0/s1. The Morgan fingerprint density at radius 2 is 2.10 bits per heavy atom. The van der Waals surface area contributed by atoms with Gasteiger partial charge >= 0.3 is 0 Å². The highest BCUT2D eigenvalue weighted by atomic mass is 16.5. The summed E-state index contributed by atoms with van der Waals surface area (Å²) < 4.78 is 5.22. The lowest BCUT2D eigenvalue weighted by Gasteiger charge is -2.14. The Labute approximate surface area is 119 Å². The number of aromatic nitrogens is 1. The molecule has 0 radical (unpaired) electrons. The quantitative estimate of drug-likeness (QED) is 0.874. The summed E-state index contributed by atoms with van der Waals surface area (Å²) in [6.07, 6.45) is 3.65. The van der Waals surface area contributed by atoms with E-state index in [0.717, 1.165) is 12.3 Å². The van der Waals surface area contributed by atoms with Gasteiger partial charge in [-0.15, -0.1) is 0 Å². The van der Waals surface area contributed by atoms with Crippen LogP contribution in [0.5, 0.6) is 5.75 Å². The van der Waals surface area contributed by atoms with Crippen LogP contribution in [0.15, 0.2) is 48.8 Å². The number of nitrogens with one attached hydrogen (secondary N) is 1. The van der Waals surface area contributed by atoms with Crippen molar-refractivity contribution in [1.29, 1.82) is 5.26 Å². The van der Waals surface area contributed by atoms with Gasteiger partial charge in [0.15, 0.2) is 6.61 Å². The van der Waals surface area contributed by atoms with Crippen molar-refractivity contribution in [2.75, 3.05) is 6.61 Å². The topological polar surface area (TPSA) is 57.9 Å². The number of nitrogens with zero attached hydrogens (tertiary/aromatic N) is 2. The van der Waals surface area contributed by atoms with Gasteiger partial charge in [0, 0.05) is 25.0 Å². The van der Waals surface area contributed by atoms with Gasteiger partial charge in [0.1, 0.15) is 11.8 Å². The van der Waals surface area contributed by atoms with E-state index < -0.39 is 0 Å². The molecule has 0 aliphatic heterocycles. The second kappa shape index (κ2) is 7.27. The van der Waals surface area contributed by atoms with Crippen molar-refractivity contribution in [2.24, 2.45) is 0 Å². The number of benzene rings is 1. The summed E-state index contributed by atoms with van der Waals surface area (Å²) in [5.74, 6) is 0.718. The molecule has 0 aliphatic rings. The molecule has 0 fully saturated rings. The summed E-state index contributed by atoms with van der Waals surface area (Å²) in [6, 6.07) is 13.9. The minimum Gasteiger partial charge on any atom is -0.479 e. The van der Waals surface area contributed by atoms with Crippen LogP contribution in [-0.4, -0.2) is 11.6 Å². The fourth-order valence-electron chi connectivity index (χ4n) is 1.84. The van der Waals surface area contributed by atoms with Gasteiger partial charge < -0.3 is 10.1 Å². The van der Waals surface area contributed by atoms with E-state index in [1.807, 2.05) is 42.6 Å². The van der Waals surface area contributed by atoms with E-state index in [9.17, 15) is 0 Å². The van der Waals surface area contributed by atoms with E-state index in [2.05, 4.69) is 23.3 Å². The fourth-order valence-corrected chi connectivity index (χ4v) is 1.84. The zero-order valence-electron chi connectivity index (χ0n) is 11.4. The van der Waals surface area contributed by atoms with Gasteiger partial charge in [-0.2, -0.15) is 5.26 Å². The average Bonchev–Trinajstić information content (AvgIpc) is 2.52. The Morgan fingerprint density at radius 1 is 1.30 bits per heavy atom. The Morgan fingerprint density at radius 3 is 2.75 bits per heavy atom. The summed E-state index contributed by atoms with van der Waals surface area (Å²) >= 11 is 0. The van der Waals surface area contributed by atoms with Crippen molar-refractivity contribution in [2.45, 2.75) is 19.5 Å². The molecule has 0 unspecified atom stereocenters. The minimum absolute atomic E-state index is 0.0790. The van der Waals surface area contributed by atoms with Crippen molar-refractivity contribution >= 4 is 0 Å². The van der Waals surface area contributed by atoms with Crippen LogP contribution < -0.4 is 10.1 Å². The van der Waals surface area contributed by atoms with Crippen LogP contribution in [0.1, 0.15) is 24.1 Å². The molecular formula is C16H17N3O. The molecule has 0 saturated carbocycles. The summed E-state index contributed by atoms with van der Waals surface area (Å²) in [4.78, 5) is 4.12. The minimum atomic E-state index is 0.0790. The molecule has 0 bridgehead atoms. The zero-order valence-corrected chi connectivity index (χ0v) is 11.4. The van der Waals surface area contributed by atoms with Crippen molar-refractivity contribution in [3.05, 3.63) is 59.9 Å². The largest absolute Gasteiger partial charge is 0.479 e. The Hall–Kier alpha value is -2.38. The van der Waals surface area contributed by atoms with Gasteiger partial charge in [-0.1, -0.05) is 18.2 Å². The van der Waals surface area contributed by atoms with Gasteiger partial charge in [0.25, 0.3) is 0 Å². The number of hydrogen-bond donors (Lipinski definition) is 1. The number of hydrogen-bond acceptors (Lipinski definition) is 4. The van der Waals surface area contributed by atoms with Crippen molar-refractivity contribution in [3.63, 3.8) is 0 Å². The maximum atomic E-state index is 8.45. The molecule has 1 heterocycles. The van der Waals surface area contributed by atoms with Gasteiger partial charge in [0.05, 0.1) is 0 Å².